The summed E-state index contributed by atoms with van der Waals surface area (Å²) in [4.78, 5) is 24.4. The molecular weight excluding hydrogens is 194 g/mol. The van der Waals surface area contributed by atoms with Crippen LogP contribution in [0.4, 0.5) is 0 Å². The van der Waals surface area contributed by atoms with Crippen molar-refractivity contribution in [2.45, 2.75) is 20.8 Å². The van der Waals surface area contributed by atoms with Crippen molar-refractivity contribution in [2.75, 3.05) is 0 Å². The maximum absolute atomic E-state index is 11.2. The molecule has 15 heavy (non-hydrogen) atoms. The van der Waals surface area contributed by atoms with Crippen LogP contribution in [0, 0.1) is 6.92 Å². The van der Waals surface area contributed by atoms with Crippen molar-refractivity contribution < 1.29 is 5.84 Å². The summed E-state index contributed by atoms with van der Waals surface area (Å²) >= 11 is 0. The number of hydrogen-bond acceptors (Lipinski definition) is 3. The van der Waals surface area contributed by atoms with Crippen molar-refractivity contribution in [3.05, 3.63) is 44.7 Å². The van der Waals surface area contributed by atoms with Gasteiger partial charge in [-0.25, -0.2) is 9.59 Å². The van der Waals surface area contributed by atoms with E-state index in [1.54, 1.807) is 12.1 Å². The van der Waals surface area contributed by atoms with Crippen molar-refractivity contribution in [3.63, 3.8) is 0 Å². The maximum atomic E-state index is 11.2. The molecule has 0 saturated carbocycles. The molecule has 1 aromatic heterocycles. The Balaban J connectivity index is 0.000000711. The van der Waals surface area contributed by atoms with E-state index in [0.717, 1.165) is 5.56 Å². The Morgan fingerprint density at radius 1 is 1.27 bits per heavy atom. The van der Waals surface area contributed by atoms with Crippen LogP contribution in [-0.4, -0.2) is 4.98 Å². The number of nitrogens with one attached hydrogen (secondary N) is 1. The van der Waals surface area contributed by atoms with Crippen LogP contribution in [0.2, 0.25) is 0 Å². The van der Waals surface area contributed by atoms with Crippen molar-refractivity contribution >= 4 is 10.9 Å². The topological polar surface area (TPSA) is 63.1 Å². The van der Waals surface area contributed by atoms with Gasteiger partial charge in [0.25, 0.3) is 0 Å². The molecule has 0 atom stereocenters. The first-order valence-corrected chi connectivity index (χ1v) is 4.80. The van der Waals surface area contributed by atoms with Gasteiger partial charge < -0.3 is 4.42 Å². The van der Waals surface area contributed by atoms with Crippen LogP contribution < -0.4 is 11.4 Å². The molecule has 2 rings (SSSR count). The molecule has 0 amide bonds. The summed E-state index contributed by atoms with van der Waals surface area (Å²) in [5, 5.41) is 0.402. The van der Waals surface area contributed by atoms with Crippen molar-refractivity contribution in [1.82, 2.24) is 4.98 Å². The van der Waals surface area contributed by atoms with Crippen LogP contribution in [0.5, 0.6) is 0 Å². The summed E-state index contributed by atoms with van der Waals surface area (Å²) in [6.07, 6.45) is 0. The molecule has 1 N–H and O–H groups in total. The highest BCUT2D eigenvalue weighted by Gasteiger charge is 2.01. The first-order chi connectivity index (χ1) is 7.16. The number of aromatic amines is 1. The summed E-state index contributed by atoms with van der Waals surface area (Å²) in [5.74, 6) is -0.721. The zero-order valence-electron chi connectivity index (χ0n) is 8.96. The lowest BCUT2D eigenvalue weighted by molar-refractivity contribution is 0.460. The molecule has 0 radical (unpaired) electrons. The van der Waals surface area contributed by atoms with E-state index in [0.29, 0.717) is 10.9 Å². The van der Waals surface area contributed by atoms with Crippen molar-refractivity contribution in [3.8, 4) is 0 Å². The zero-order chi connectivity index (χ0) is 11.4. The average molecular weight is 209 g/mol. The third-order valence-corrected chi connectivity index (χ3v) is 1.82. The molecule has 4 nitrogen and oxygen atoms in total. The van der Waals surface area contributed by atoms with Gasteiger partial charge in [-0.05, 0) is 19.1 Å². The van der Waals surface area contributed by atoms with E-state index < -0.39 is 11.4 Å². The average Bonchev–Trinajstić information content (AvgIpc) is 2.22. The summed E-state index contributed by atoms with van der Waals surface area (Å²) in [6, 6.07) is 5.18. The second-order valence-electron chi connectivity index (χ2n) is 2.85. The number of hydrogen-bond donors (Lipinski definition) is 1. The molecule has 0 aliphatic rings. The third-order valence-electron chi connectivity index (χ3n) is 1.82. The lowest BCUT2D eigenvalue weighted by atomic mass is 10.2. The second-order valence-corrected chi connectivity index (χ2v) is 2.85. The van der Waals surface area contributed by atoms with Gasteiger partial charge in [-0.1, -0.05) is 25.5 Å². The van der Waals surface area contributed by atoms with E-state index in [2.05, 4.69) is 9.40 Å². The second kappa shape index (κ2) is 4.59. The Hall–Kier alpha value is -1.84. The molecule has 4 heteroatoms. The van der Waals surface area contributed by atoms with Crippen LogP contribution in [0.1, 0.15) is 20.8 Å². The van der Waals surface area contributed by atoms with Gasteiger partial charge in [0, 0.05) is 1.43 Å². The Morgan fingerprint density at radius 3 is 2.60 bits per heavy atom. The standard InChI is InChI=1S/C9H7NO3.C2H6.H2/c1-5-2-3-7-6(4-5)8(11)13-9(12)10-7;1-2;/h2-4H,1H3,(H,10,12);1-2H3;1H. The molecule has 0 bridgehead atoms. The number of aromatic nitrogens is 1. The fraction of sp³-hybridized carbons (Fsp3) is 0.273. The smallest absolute Gasteiger partial charge is 0.372 e. The monoisotopic (exact) mass is 209 g/mol. The van der Waals surface area contributed by atoms with Gasteiger partial charge in [0.05, 0.1) is 10.9 Å². The predicted molar refractivity (Wildman–Crippen MR) is 61.3 cm³/mol. The highest BCUT2D eigenvalue weighted by atomic mass is 16.4. The van der Waals surface area contributed by atoms with E-state index in [1.807, 2.05) is 26.8 Å². The molecule has 82 valence electrons. The van der Waals surface area contributed by atoms with Gasteiger partial charge in [0.15, 0.2) is 0 Å². The minimum atomic E-state index is -0.721. The number of benzene rings is 1. The molecule has 2 aromatic rings. The van der Waals surface area contributed by atoms with Crippen LogP contribution >= 0.6 is 0 Å². The Bertz CT molecular complexity index is 571. The van der Waals surface area contributed by atoms with E-state index in [-0.39, 0.29) is 1.43 Å². The van der Waals surface area contributed by atoms with Gasteiger partial charge in [-0.2, -0.15) is 0 Å². The zero-order valence-corrected chi connectivity index (χ0v) is 8.96. The van der Waals surface area contributed by atoms with Crippen LogP contribution in [0.15, 0.2) is 32.2 Å². The normalized spacial score (nSPS) is 9.53. The minimum Gasteiger partial charge on any atom is -0.372 e. The number of aryl methyl sites for hydroxylation is 1. The molecule has 0 fully saturated rings. The van der Waals surface area contributed by atoms with Gasteiger partial charge in [0.1, 0.15) is 0 Å². The predicted octanol–water partition coefficient (Wildman–Crippen LogP) is 2.06. The highest BCUT2D eigenvalue weighted by Crippen LogP contribution is 2.07. The SMILES string of the molecule is CC.Cc1ccc2[nH]c(=O)oc(=O)c2c1.[HH]. The lowest BCUT2D eigenvalue weighted by Gasteiger charge is -1.95. The first kappa shape index (κ1) is 11.2. The van der Waals surface area contributed by atoms with E-state index in [4.69, 9.17) is 0 Å². The Kier molecular flexibility index (Phi) is 3.44. The van der Waals surface area contributed by atoms with Gasteiger partial charge in [0.2, 0.25) is 0 Å². The van der Waals surface area contributed by atoms with Crippen molar-refractivity contribution in [2.24, 2.45) is 0 Å². The summed E-state index contributed by atoms with van der Waals surface area (Å²) in [5.41, 5.74) is 0.862. The van der Waals surface area contributed by atoms with Crippen LogP contribution in [0.3, 0.4) is 0 Å². The van der Waals surface area contributed by atoms with Gasteiger partial charge in [-0.15, -0.1) is 0 Å². The van der Waals surface area contributed by atoms with Crippen LogP contribution in [0.25, 0.3) is 10.9 Å². The van der Waals surface area contributed by atoms with Gasteiger partial charge >= 0.3 is 11.4 Å². The molecule has 0 saturated heterocycles. The maximum Gasteiger partial charge on any atom is 0.419 e. The first-order valence-electron chi connectivity index (χ1n) is 4.80. The summed E-state index contributed by atoms with van der Waals surface area (Å²) < 4.78 is 4.38. The largest absolute Gasteiger partial charge is 0.419 e. The Labute approximate surface area is 88.0 Å². The molecule has 0 aliphatic carbocycles. The summed E-state index contributed by atoms with van der Waals surface area (Å²) in [6.45, 7) is 5.87. The molecule has 1 heterocycles. The van der Waals surface area contributed by atoms with E-state index in [1.165, 1.54) is 0 Å². The third kappa shape index (κ3) is 2.34. The quantitative estimate of drug-likeness (QED) is 0.722. The van der Waals surface area contributed by atoms with E-state index in [9.17, 15) is 9.59 Å². The van der Waals surface area contributed by atoms with Crippen molar-refractivity contribution in [1.29, 1.82) is 0 Å². The highest BCUT2D eigenvalue weighted by molar-refractivity contribution is 5.77. The molecule has 1 aromatic carbocycles. The number of fused-ring (bicyclic) bond motifs is 1. The molecule has 0 unspecified atom stereocenters. The van der Waals surface area contributed by atoms with E-state index >= 15 is 0 Å². The fourth-order valence-corrected chi connectivity index (χ4v) is 1.21. The number of H-pyrrole nitrogens is 1. The Morgan fingerprint density at radius 2 is 1.93 bits per heavy atom. The number of rotatable bonds is 0. The molecule has 0 spiro atoms. The fourth-order valence-electron chi connectivity index (χ4n) is 1.21. The molecule has 0 aliphatic heterocycles. The van der Waals surface area contributed by atoms with Gasteiger partial charge in [-0.3, -0.25) is 4.98 Å². The van der Waals surface area contributed by atoms with Crippen LogP contribution in [-0.2, 0) is 0 Å². The summed E-state index contributed by atoms with van der Waals surface area (Å²) in [7, 11) is 0. The minimum absolute atomic E-state index is 0. The lowest BCUT2D eigenvalue weighted by Crippen LogP contribution is -2.14. The molecular formula is C11H15NO3.